The molecule has 1 unspecified atom stereocenters. The van der Waals surface area contributed by atoms with E-state index in [0.29, 0.717) is 11.7 Å². The van der Waals surface area contributed by atoms with E-state index >= 15 is 0 Å². The van der Waals surface area contributed by atoms with Gasteiger partial charge in [-0.2, -0.15) is 0 Å². The van der Waals surface area contributed by atoms with Crippen LogP contribution in [0, 0.1) is 50.2 Å². The Morgan fingerprint density at radius 1 is 1.00 bits per heavy atom. The minimum Gasteiger partial charge on any atom is -0.295 e. The van der Waals surface area contributed by atoms with Crippen molar-refractivity contribution >= 4 is 11.7 Å². The number of carbonyl (C=O) groups excluding carboxylic acids is 2. The fraction of sp³-hybridized carbons (Fsp3) is 0.818. The molecule has 0 bridgehead atoms. The third-order valence-electron chi connectivity index (χ3n) is 13.4. The second-order valence-corrected chi connectivity index (χ2v) is 15.6. The van der Waals surface area contributed by atoms with Crippen molar-refractivity contribution in [3.63, 3.8) is 0 Å². The van der Waals surface area contributed by atoms with Crippen molar-refractivity contribution in [2.75, 3.05) is 21.3 Å². The molecule has 0 aromatic carbocycles. The highest BCUT2D eigenvalue weighted by molar-refractivity contribution is 5.96. The lowest BCUT2D eigenvalue weighted by Crippen LogP contribution is -2.65. The first-order valence-corrected chi connectivity index (χ1v) is 15.1. The van der Waals surface area contributed by atoms with Gasteiger partial charge in [0.05, 0.1) is 14.2 Å². The predicted molar refractivity (Wildman–Crippen MR) is 153 cm³/mol. The van der Waals surface area contributed by atoms with Gasteiger partial charge in [-0.25, -0.2) is 5.06 Å². The summed E-state index contributed by atoms with van der Waals surface area (Å²) in [5, 5.41) is 1.40. The van der Waals surface area contributed by atoms with Crippen LogP contribution in [0.5, 0.6) is 0 Å². The van der Waals surface area contributed by atoms with Crippen molar-refractivity contribution in [2.45, 2.75) is 99.8 Å². The van der Waals surface area contributed by atoms with Crippen molar-refractivity contribution in [3.05, 3.63) is 23.4 Å². The third-order valence-corrected chi connectivity index (χ3v) is 13.4. The zero-order valence-corrected chi connectivity index (χ0v) is 26.1. The summed E-state index contributed by atoms with van der Waals surface area (Å²) in [5.74, 6) is 0.980. The molecule has 218 valence electrons. The van der Waals surface area contributed by atoms with Gasteiger partial charge in [-0.15, -0.1) is 0 Å². The highest BCUT2D eigenvalue weighted by Gasteiger charge is 2.69. The molecule has 5 aliphatic rings. The summed E-state index contributed by atoms with van der Waals surface area (Å²) in [5.41, 5.74) is 4.90. The van der Waals surface area contributed by atoms with Crippen LogP contribution in [0.3, 0.4) is 0 Å². The monoisotopic (exact) mass is 540 g/mol. The first kappa shape index (κ1) is 28.9. The van der Waals surface area contributed by atoms with Crippen LogP contribution >= 0.6 is 0 Å². The van der Waals surface area contributed by atoms with E-state index in [1.807, 2.05) is 0 Å². The molecule has 1 amide bonds. The Morgan fingerprint density at radius 2 is 1.67 bits per heavy atom. The quantitative estimate of drug-likeness (QED) is 0.405. The number of ketones is 1. The first-order chi connectivity index (χ1) is 18.0. The maximum atomic E-state index is 14.5. The van der Waals surface area contributed by atoms with Crippen LogP contribution < -0.4 is 5.48 Å². The topological polar surface area (TPSA) is 67.9 Å². The Labute approximate surface area is 236 Å². The lowest BCUT2D eigenvalue weighted by molar-refractivity contribution is -0.188. The number of nitrogens with one attached hydrogen (secondary N) is 1. The van der Waals surface area contributed by atoms with E-state index in [4.69, 9.17) is 9.68 Å². The maximum absolute atomic E-state index is 14.5. The highest BCUT2D eigenvalue weighted by atomic mass is 16.7. The molecule has 3 fully saturated rings. The van der Waals surface area contributed by atoms with E-state index in [2.05, 4.69) is 66.1 Å². The third kappa shape index (κ3) is 3.72. The first-order valence-electron chi connectivity index (χ1n) is 15.1. The van der Waals surface area contributed by atoms with Gasteiger partial charge >= 0.3 is 0 Å². The fourth-order valence-corrected chi connectivity index (χ4v) is 10.7. The number of hydrogen-bond donors (Lipinski definition) is 1. The molecule has 1 N–H and O–H groups in total. The molecule has 6 heteroatoms. The molecule has 8 atom stereocenters. The van der Waals surface area contributed by atoms with Crippen LogP contribution in [-0.4, -0.2) is 38.0 Å². The minimum absolute atomic E-state index is 0.0160. The van der Waals surface area contributed by atoms with E-state index in [1.165, 1.54) is 10.6 Å². The Balaban J connectivity index is 1.58. The lowest BCUT2D eigenvalue weighted by Gasteiger charge is -2.69. The van der Waals surface area contributed by atoms with Crippen LogP contribution in [0.25, 0.3) is 0 Å². The van der Waals surface area contributed by atoms with Crippen molar-refractivity contribution in [2.24, 2.45) is 50.2 Å². The SMILES string of the molecule is CONC1=CC[C@@]2(C)C(CC[C@]3(C)[C@@H]2C(=O)C=C2[C@@H]4C[C@@](C)(C(=O)N(C)OC)CC[C@]4(C)CC[C@]23C)C1(C)C. The van der Waals surface area contributed by atoms with E-state index < -0.39 is 5.41 Å². The second kappa shape index (κ2) is 8.92. The molecular weight excluding hydrogens is 488 g/mol. The molecule has 5 aliphatic carbocycles. The summed E-state index contributed by atoms with van der Waals surface area (Å²) in [4.78, 5) is 38.6. The van der Waals surface area contributed by atoms with Gasteiger partial charge in [0.15, 0.2) is 5.78 Å². The summed E-state index contributed by atoms with van der Waals surface area (Å²) in [6.07, 6.45) is 12.4. The maximum Gasteiger partial charge on any atom is 0.251 e. The van der Waals surface area contributed by atoms with Crippen molar-refractivity contribution in [1.29, 1.82) is 0 Å². The molecule has 0 aromatic rings. The lowest BCUT2D eigenvalue weighted by atomic mass is 9.34. The molecule has 0 radical (unpaired) electrons. The number of allylic oxidation sites excluding steroid dienone is 4. The average molecular weight is 541 g/mol. The second-order valence-electron chi connectivity index (χ2n) is 15.6. The molecule has 0 spiro atoms. The normalized spacial score (nSPS) is 46.5. The molecule has 0 heterocycles. The molecule has 6 nitrogen and oxygen atoms in total. The van der Waals surface area contributed by atoms with Gasteiger partial charge in [0.2, 0.25) is 0 Å². The van der Waals surface area contributed by atoms with Crippen molar-refractivity contribution < 1.29 is 19.3 Å². The molecule has 0 aromatic heterocycles. The average Bonchev–Trinajstić information content (AvgIpc) is 2.87. The molecule has 0 saturated heterocycles. The number of hydroxylamine groups is 3. The molecule has 0 aliphatic heterocycles. The number of nitrogens with zero attached hydrogens (tertiary/aromatic N) is 1. The number of rotatable bonds is 4. The number of hydrogen-bond acceptors (Lipinski definition) is 5. The smallest absolute Gasteiger partial charge is 0.251 e. The van der Waals surface area contributed by atoms with E-state index in [-0.39, 0.29) is 44.8 Å². The summed E-state index contributed by atoms with van der Waals surface area (Å²) in [6, 6.07) is 0. The van der Waals surface area contributed by atoms with Crippen LogP contribution in [0.15, 0.2) is 23.4 Å². The summed E-state index contributed by atoms with van der Waals surface area (Å²) >= 11 is 0. The largest absolute Gasteiger partial charge is 0.295 e. The van der Waals surface area contributed by atoms with Crippen molar-refractivity contribution in [3.8, 4) is 0 Å². The Bertz CT molecular complexity index is 1130. The molecular formula is C33H52N2O4. The van der Waals surface area contributed by atoms with Gasteiger partial charge in [0, 0.05) is 29.5 Å². The predicted octanol–water partition coefficient (Wildman–Crippen LogP) is 6.63. The number of carbonyl (C=O) groups is 2. The van der Waals surface area contributed by atoms with Gasteiger partial charge in [0.25, 0.3) is 5.91 Å². The summed E-state index contributed by atoms with van der Waals surface area (Å²) in [7, 11) is 4.95. The Hall–Kier alpha value is -1.66. The van der Waals surface area contributed by atoms with Gasteiger partial charge in [-0.1, -0.05) is 60.1 Å². The minimum atomic E-state index is -0.485. The molecule has 5 rings (SSSR count). The number of amides is 1. The van der Waals surface area contributed by atoms with Gasteiger partial charge in [-0.05, 0) is 90.9 Å². The molecule has 3 saturated carbocycles. The van der Waals surface area contributed by atoms with Crippen molar-refractivity contribution in [1.82, 2.24) is 10.5 Å². The zero-order valence-electron chi connectivity index (χ0n) is 26.1. The van der Waals surface area contributed by atoms with Crippen LogP contribution in [0.4, 0.5) is 0 Å². The van der Waals surface area contributed by atoms with Gasteiger partial charge in [-0.3, -0.25) is 24.7 Å². The highest BCUT2D eigenvalue weighted by Crippen LogP contribution is 2.75. The van der Waals surface area contributed by atoms with E-state index in [0.717, 1.165) is 57.1 Å². The summed E-state index contributed by atoms with van der Waals surface area (Å²) < 4.78 is 0. The van der Waals surface area contributed by atoms with E-state index in [1.54, 1.807) is 21.3 Å². The Kier molecular flexibility index (Phi) is 6.60. The number of fused-ring (bicyclic) bond motifs is 7. The fourth-order valence-electron chi connectivity index (χ4n) is 10.7. The zero-order chi connectivity index (χ0) is 28.8. The van der Waals surface area contributed by atoms with Gasteiger partial charge in [0.1, 0.15) is 0 Å². The van der Waals surface area contributed by atoms with Gasteiger partial charge < -0.3 is 0 Å². The standard InChI is InChI=1S/C33H52N2O4/c1-28(2)24-11-14-33(7)26(31(24,5)13-12-25(28)34-38-9)23(36)19-21-22-20-30(4,27(37)35(8)39-10)16-15-29(22,3)17-18-32(21,33)6/h12,19,22,24,26,34H,11,13-18,20H2,1-10H3/t22-,24?,26+,29+,30-,31-,32+,33+/m0/s1. The van der Waals surface area contributed by atoms with Crippen LogP contribution in [0.2, 0.25) is 0 Å². The van der Waals surface area contributed by atoms with Crippen LogP contribution in [-0.2, 0) is 19.3 Å². The summed E-state index contributed by atoms with van der Waals surface area (Å²) in [6.45, 7) is 16.5. The van der Waals surface area contributed by atoms with E-state index in [9.17, 15) is 9.59 Å². The van der Waals surface area contributed by atoms with Crippen LogP contribution in [0.1, 0.15) is 99.8 Å². The molecule has 39 heavy (non-hydrogen) atoms. The Morgan fingerprint density at radius 3 is 2.31 bits per heavy atom.